The van der Waals surface area contributed by atoms with Gasteiger partial charge in [0.25, 0.3) is 0 Å². The monoisotopic (exact) mass is 241 g/mol. The summed E-state index contributed by atoms with van der Waals surface area (Å²) in [5.74, 6) is -1.00. The second-order valence-electron chi connectivity index (χ2n) is 2.66. The molecule has 2 rings (SSSR count). The fourth-order valence-corrected chi connectivity index (χ4v) is 2.86. The fourth-order valence-electron chi connectivity index (χ4n) is 1.13. The van der Waals surface area contributed by atoms with Gasteiger partial charge in [0, 0.05) is 0 Å². The Hall–Kier alpha value is -1.40. The quantitative estimate of drug-likeness (QED) is 0.897. The Kier molecular flexibility index (Phi) is 2.70. The van der Waals surface area contributed by atoms with Crippen LogP contribution in [0, 0.1) is 0 Å². The molecule has 0 bridgehead atoms. The van der Waals surface area contributed by atoms with Gasteiger partial charge < -0.3 is 9.84 Å². The van der Waals surface area contributed by atoms with Crippen molar-refractivity contribution in [1.82, 2.24) is 4.98 Å². The molecule has 0 aromatic carbocycles. The van der Waals surface area contributed by atoms with Crippen molar-refractivity contribution in [2.75, 3.05) is 7.11 Å². The number of methoxy groups -OCH3 is 1. The van der Waals surface area contributed by atoms with Gasteiger partial charge in [-0.25, -0.2) is 9.78 Å². The maximum atomic E-state index is 10.9. The van der Waals surface area contributed by atoms with Gasteiger partial charge in [-0.05, 0) is 12.1 Å². The number of aromatic carboxylic acids is 1. The Morgan fingerprint density at radius 2 is 2.33 bits per heavy atom. The number of carbonyl (C=O) groups is 1. The average molecular weight is 241 g/mol. The van der Waals surface area contributed by atoms with Crippen molar-refractivity contribution in [2.45, 2.75) is 0 Å². The van der Waals surface area contributed by atoms with E-state index in [1.54, 1.807) is 7.11 Å². The molecule has 2 heterocycles. The lowest BCUT2D eigenvalue weighted by Crippen LogP contribution is -1.97. The van der Waals surface area contributed by atoms with Crippen LogP contribution in [-0.4, -0.2) is 23.2 Å². The zero-order valence-electron chi connectivity index (χ0n) is 7.76. The van der Waals surface area contributed by atoms with Crippen LogP contribution in [0.15, 0.2) is 17.6 Å². The third kappa shape index (κ3) is 1.86. The van der Waals surface area contributed by atoms with E-state index in [0.717, 1.165) is 9.94 Å². The summed E-state index contributed by atoms with van der Waals surface area (Å²) in [6, 6.07) is 3.65. The van der Waals surface area contributed by atoms with Gasteiger partial charge in [0.2, 0.25) is 0 Å². The molecule has 1 N–H and O–H groups in total. The van der Waals surface area contributed by atoms with Gasteiger partial charge in [0.15, 0.2) is 10.8 Å². The minimum atomic E-state index is -1.00. The molecule has 0 aliphatic heterocycles. The van der Waals surface area contributed by atoms with Crippen molar-refractivity contribution < 1.29 is 14.6 Å². The Morgan fingerprint density at radius 1 is 1.53 bits per heavy atom. The number of thiophene rings is 1. The topological polar surface area (TPSA) is 59.4 Å². The molecule has 6 heteroatoms. The number of ether oxygens (including phenoxy) is 1. The minimum absolute atomic E-state index is 0.101. The summed E-state index contributed by atoms with van der Waals surface area (Å²) < 4.78 is 5.05. The SMILES string of the molecule is COc1ccc(-c2scnc2C(=O)O)s1. The van der Waals surface area contributed by atoms with E-state index in [9.17, 15) is 4.79 Å². The second-order valence-corrected chi connectivity index (χ2v) is 4.56. The third-order valence-corrected chi connectivity index (χ3v) is 3.83. The number of carboxylic acid groups (broad SMARTS) is 1. The summed E-state index contributed by atoms with van der Waals surface area (Å²) in [5, 5.41) is 9.66. The Morgan fingerprint density at radius 3 is 2.93 bits per heavy atom. The smallest absolute Gasteiger partial charge is 0.356 e. The van der Waals surface area contributed by atoms with Crippen LogP contribution in [0.4, 0.5) is 0 Å². The first kappa shape index (κ1) is 10.1. The summed E-state index contributed by atoms with van der Waals surface area (Å²) in [7, 11) is 1.58. The standard InChI is InChI=1S/C9H7NO3S2/c1-13-6-3-2-5(15-6)8-7(9(11)12)10-4-14-8/h2-4H,1H3,(H,11,12). The number of aromatic nitrogens is 1. The van der Waals surface area contributed by atoms with Gasteiger partial charge in [0.1, 0.15) is 0 Å². The first-order valence-electron chi connectivity index (χ1n) is 4.03. The molecule has 4 nitrogen and oxygen atoms in total. The Labute approximate surface area is 93.8 Å². The predicted octanol–water partition coefficient (Wildman–Crippen LogP) is 2.58. The molecule has 0 spiro atoms. The lowest BCUT2D eigenvalue weighted by molar-refractivity contribution is 0.0692. The highest BCUT2D eigenvalue weighted by Crippen LogP contribution is 2.36. The second kappa shape index (κ2) is 4.00. The van der Waals surface area contributed by atoms with Gasteiger partial charge in [0.05, 0.1) is 22.4 Å². The first-order chi connectivity index (χ1) is 7.22. The number of hydrogen-bond acceptors (Lipinski definition) is 5. The number of thiazole rings is 1. The summed E-state index contributed by atoms with van der Waals surface area (Å²) in [5.41, 5.74) is 1.63. The molecule has 0 saturated heterocycles. The van der Waals surface area contributed by atoms with E-state index < -0.39 is 5.97 Å². The van der Waals surface area contributed by atoms with Gasteiger partial charge in [-0.15, -0.1) is 11.3 Å². The van der Waals surface area contributed by atoms with E-state index in [2.05, 4.69) is 4.98 Å². The number of rotatable bonds is 3. The van der Waals surface area contributed by atoms with Crippen LogP contribution < -0.4 is 4.74 Å². The molecule has 0 aliphatic rings. The van der Waals surface area contributed by atoms with E-state index in [1.165, 1.54) is 28.2 Å². The molecule has 0 unspecified atom stereocenters. The zero-order chi connectivity index (χ0) is 10.8. The first-order valence-corrected chi connectivity index (χ1v) is 5.73. The molecule has 15 heavy (non-hydrogen) atoms. The third-order valence-electron chi connectivity index (χ3n) is 1.78. The van der Waals surface area contributed by atoms with Gasteiger partial charge in [-0.2, -0.15) is 0 Å². The average Bonchev–Trinajstić information content (AvgIpc) is 2.85. The summed E-state index contributed by atoms with van der Waals surface area (Å²) in [4.78, 5) is 16.2. The van der Waals surface area contributed by atoms with Crippen molar-refractivity contribution in [3.05, 3.63) is 23.3 Å². The molecule has 78 valence electrons. The highest BCUT2D eigenvalue weighted by atomic mass is 32.1. The molecule has 2 aromatic rings. The molecular formula is C9H7NO3S2. The maximum absolute atomic E-state index is 10.9. The highest BCUT2D eigenvalue weighted by Gasteiger charge is 2.16. The lowest BCUT2D eigenvalue weighted by Gasteiger charge is -1.93. The van der Waals surface area contributed by atoms with E-state index in [4.69, 9.17) is 9.84 Å². The van der Waals surface area contributed by atoms with E-state index in [1.807, 2.05) is 12.1 Å². The Bertz CT molecular complexity index is 489. The lowest BCUT2D eigenvalue weighted by atomic mass is 10.3. The molecule has 0 radical (unpaired) electrons. The van der Waals surface area contributed by atoms with Gasteiger partial charge >= 0.3 is 5.97 Å². The van der Waals surface area contributed by atoms with E-state index in [-0.39, 0.29) is 5.69 Å². The highest BCUT2D eigenvalue weighted by molar-refractivity contribution is 7.22. The molecule has 0 aliphatic carbocycles. The summed E-state index contributed by atoms with van der Waals surface area (Å²) >= 11 is 2.72. The van der Waals surface area contributed by atoms with Crippen molar-refractivity contribution in [3.63, 3.8) is 0 Å². The van der Waals surface area contributed by atoms with Crippen molar-refractivity contribution in [1.29, 1.82) is 0 Å². The Balaban J connectivity index is 2.44. The summed E-state index contributed by atoms with van der Waals surface area (Å²) in [6.07, 6.45) is 0. The summed E-state index contributed by atoms with van der Waals surface area (Å²) in [6.45, 7) is 0. The van der Waals surface area contributed by atoms with E-state index >= 15 is 0 Å². The molecule has 0 atom stereocenters. The van der Waals surface area contributed by atoms with Crippen LogP contribution in [0.2, 0.25) is 0 Å². The van der Waals surface area contributed by atoms with Crippen molar-refractivity contribution >= 4 is 28.6 Å². The zero-order valence-corrected chi connectivity index (χ0v) is 9.39. The van der Waals surface area contributed by atoms with Crippen LogP contribution in [0.5, 0.6) is 5.06 Å². The van der Waals surface area contributed by atoms with Crippen LogP contribution in [-0.2, 0) is 0 Å². The molecule has 0 amide bonds. The minimum Gasteiger partial charge on any atom is -0.487 e. The van der Waals surface area contributed by atoms with Crippen LogP contribution >= 0.6 is 22.7 Å². The van der Waals surface area contributed by atoms with Crippen LogP contribution in [0.1, 0.15) is 10.5 Å². The molecule has 2 aromatic heterocycles. The fraction of sp³-hybridized carbons (Fsp3) is 0.111. The number of nitrogens with zero attached hydrogens (tertiary/aromatic N) is 1. The number of carboxylic acids is 1. The van der Waals surface area contributed by atoms with Gasteiger partial charge in [-0.1, -0.05) is 11.3 Å². The molecule has 0 saturated carbocycles. The van der Waals surface area contributed by atoms with Crippen LogP contribution in [0.25, 0.3) is 9.75 Å². The van der Waals surface area contributed by atoms with Crippen molar-refractivity contribution in [3.8, 4) is 14.8 Å². The maximum Gasteiger partial charge on any atom is 0.356 e. The largest absolute Gasteiger partial charge is 0.487 e. The van der Waals surface area contributed by atoms with Crippen LogP contribution in [0.3, 0.4) is 0 Å². The molecule has 0 fully saturated rings. The van der Waals surface area contributed by atoms with Gasteiger partial charge in [-0.3, -0.25) is 0 Å². The predicted molar refractivity (Wildman–Crippen MR) is 58.9 cm³/mol. The molecular weight excluding hydrogens is 234 g/mol. The normalized spacial score (nSPS) is 10.2. The number of hydrogen-bond donors (Lipinski definition) is 1. The van der Waals surface area contributed by atoms with E-state index in [0.29, 0.717) is 4.88 Å². The van der Waals surface area contributed by atoms with Crippen molar-refractivity contribution in [2.24, 2.45) is 0 Å².